The first-order valence-electron chi connectivity index (χ1n) is 4.79. The number of fused-ring (bicyclic) bond motifs is 1. The van der Waals surface area contributed by atoms with Crippen molar-refractivity contribution in [1.29, 1.82) is 0 Å². The average molecular weight is 189 g/mol. The van der Waals surface area contributed by atoms with Crippen LogP contribution in [0.2, 0.25) is 0 Å². The number of hydrogen-bond donors (Lipinski definition) is 1. The van der Waals surface area contributed by atoms with E-state index in [0.717, 1.165) is 12.1 Å². The number of hydrogen-bond acceptors (Lipinski definition) is 3. The van der Waals surface area contributed by atoms with Crippen LogP contribution in [0.4, 0.5) is 5.95 Å². The Labute approximate surface area is 84.1 Å². The molecule has 0 spiro atoms. The smallest absolute Gasteiger partial charge is 0.220 e. The van der Waals surface area contributed by atoms with Gasteiger partial charge in [-0.3, -0.25) is 0 Å². The number of anilines is 1. The lowest BCUT2D eigenvalue weighted by Gasteiger charge is -2.30. The van der Waals surface area contributed by atoms with E-state index in [1.807, 2.05) is 6.20 Å². The molecule has 0 atom stereocenters. The summed E-state index contributed by atoms with van der Waals surface area (Å²) in [4.78, 5) is 8.24. The molecule has 2 rings (SSSR count). The summed E-state index contributed by atoms with van der Waals surface area (Å²) < 4.78 is 0. The number of allylic oxidation sites excluding steroid dienone is 1. The van der Waals surface area contributed by atoms with Crippen LogP contribution in [0.3, 0.4) is 0 Å². The van der Waals surface area contributed by atoms with E-state index in [9.17, 15) is 0 Å². The van der Waals surface area contributed by atoms with Crippen molar-refractivity contribution in [2.75, 3.05) is 5.73 Å². The third-order valence-corrected chi connectivity index (χ3v) is 2.97. The summed E-state index contributed by atoms with van der Waals surface area (Å²) in [5, 5.41) is 0. The average Bonchev–Trinajstić information content (AvgIpc) is 2.08. The van der Waals surface area contributed by atoms with E-state index in [1.54, 1.807) is 0 Å². The van der Waals surface area contributed by atoms with Crippen molar-refractivity contribution >= 4 is 12.0 Å². The predicted octanol–water partition coefficient (Wildman–Crippen LogP) is 2.04. The lowest BCUT2D eigenvalue weighted by molar-refractivity contribution is 0.439. The first-order chi connectivity index (χ1) is 6.49. The molecule has 0 amide bonds. The van der Waals surface area contributed by atoms with Gasteiger partial charge in [0.05, 0.1) is 5.69 Å². The molecule has 3 nitrogen and oxygen atoms in total. The minimum atomic E-state index is 0.215. The van der Waals surface area contributed by atoms with Gasteiger partial charge < -0.3 is 5.73 Å². The number of nitrogen functional groups attached to an aromatic ring is 1. The molecule has 1 aliphatic rings. The number of nitrogens with two attached hydrogens (primary N) is 1. The molecule has 74 valence electrons. The molecule has 14 heavy (non-hydrogen) atoms. The third-order valence-electron chi connectivity index (χ3n) is 2.97. The van der Waals surface area contributed by atoms with Crippen LogP contribution in [0.1, 0.15) is 32.0 Å². The van der Waals surface area contributed by atoms with Gasteiger partial charge in [-0.25, -0.2) is 9.97 Å². The van der Waals surface area contributed by atoms with Gasteiger partial charge in [0.1, 0.15) is 0 Å². The van der Waals surface area contributed by atoms with Crippen molar-refractivity contribution in [2.45, 2.75) is 27.2 Å². The van der Waals surface area contributed by atoms with Gasteiger partial charge in [0.2, 0.25) is 5.95 Å². The normalized spacial score (nSPS) is 18.6. The second-order valence-electron chi connectivity index (χ2n) is 4.53. The lowest BCUT2D eigenvalue weighted by atomic mass is 9.75. The molecule has 0 fully saturated rings. The highest BCUT2D eigenvalue weighted by Gasteiger charge is 2.26. The summed E-state index contributed by atoms with van der Waals surface area (Å²) in [5.41, 5.74) is 9.28. The molecule has 0 unspecified atom stereocenters. The van der Waals surface area contributed by atoms with Crippen LogP contribution in [0.15, 0.2) is 11.8 Å². The van der Waals surface area contributed by atoms with Crippen molar-refractivity contribution in [3.63, 3.8) is 0 Å². The largest absolute Gasteiger partial charge is 0.368 e. The zero-order chi connectivity index (χ0) is 10.3. The topological polar surface area (TPSA) is 51.8 Å². The maximum atomic E-state index is 5.54. The minimum absolute atomic E-state index is 0.215. The summed E-state index contributed by atoms with van der Waals surface area (Å²) in [6, 6.07) is 0. The maximum Gasteiger partial charge on any atom is 0.220 e. The van der Waals surface area contributed by atoms with Gasteiger partial charge in [0.25, 0.3) is 0 Å². The maximum absolute atomic E-state index is 5.54. The molecule has 0 radical (unpaired) electrons. The van der Waals surface area contributed by atoms with Crippen LogP contribution in [0, 0.1) is 5.41 Å². The number of aromatic nitrogens is 2. The van der Waals surface area contributed by atoms with Crippen LogP contribution in [0.25, 0.3) is 6.08 Å². The van der Waals surface area contributed by atoms with E-state index < -0.39 is 0 Å². The van der Waals surface area contributed by atoms with Gasteiger partial charge in [0, 0.05) is 6.20 Å². The zero-order valence-electron chi connectivity index (χ0n) is 8.83. The van der Waals surface area contributed by atoms with Gasteiger partial charge in [-0.2, -0.15) is 0 Å². The summed E-state index contributed by atoms with van der Waals surface area (Å²) in [6.07, 6.45) is 4.93. The Morgan fingerprint density at radius 3 is 2.86 bits per heavy atom. The predicted molar refractivity (Wildman–Crippen MR) is 57.6 cm³/mol. The lowest BCUT2D eigenvalue weighted by Crippen LogP contribution is -2.21. The van der Waals surface area contributed by atoms with Crippen LogP contribution in [-0.2, 0) is 6.42 Å². The first-order valence-corrected chi connectivity index (χ1v) is 4.79. The van der Waals surface area contributed by atoms with Gasteiger partial charge >= 0.3 is 0 Å². The van der Waals surface area contributed by atoms with Crippen molar-refractivity contribution in [2.24, 2.45) is 5.41 Å². The quantitative estimate of drug-likeness (QED) is 0.679. The van der Waals surface area contributed by atoms with Crippen LogP contribution in [0.5, 0.6) is 0 Å². The molecule has 3 heteroatoms. The third kappa shape index (κ3) is 1.39. The minimum Gasteiger partial charge on any atom is -0.368 e. The molecule has 0 aromatic carbocycles. The van der Waals surface area contributed by atoms with Gasteiger partial charge in [0.15, 0.2) is 0 Å². The molecule has 1 heterocycles. The van der Waals surface area contributed by atoms with E-state index >= 15 is 0 Å². The number of rotatable bonds is 0. The van der Waals surface area contributed by atoms with Crippen molar-refractivity contribution in [3.8, 4) is 0 Å². The Kier molecular flexibility index (Phi) is 1.84. The Morgan fingerprint density at radius 2 is 2.14 bits per heavy atom. The molecule has 0 saturated heterocycles. The van der Waals surface area contributed by atoms with E-state index in [2.05, 4.69) is 36.8 Å². The van der Waals surface area contributed by atoms with E-state index in [4.69, 9.17) is 5.73 Å². The molecule has 1 aliphatic carbocycles. The molecular weight excluding hydrogens is 174 g/mol. The second kappa shape index (κ2) is 2.80. The molecule has 0 bridgehead atoms. The molecular formula is C11H15N3. The van der Waals surface area contributed by atoms with Gasteiger partial charge in [-0.1, -0.05) is 19.4 Å². The van der Waals surface area contributed by atoms with Crippen LogP contribution < -0.4 is 5.73 Å². The highest BCUT2D eigenvalue weighted by molar-refractivity contribution is 5.58. The molecule has 1 aromatic rings. The molecule has 1 aromatic heterocycles. The Bertz CT molecular complexity index is 405. The van der Waals surface area contributed by atoms with E-state index in [-0.39, 0.29) is 5.41 Å². The van der Waals surface area contributed by atoms with Gasteiger partial charge in [-0.15, -0.1) is 0 Å². The monoisotopic (exact) mass is 189 g/mol. The van der Waals surface area contributed by atoms with Crippen LogP contribution >= 0.6 is 0 Å². The highest BCUT2D eigenvalue weighted by atomic mass is 15.0. The fourth-order valence-electron chi connectivity index (χ4n) is 1.71. The summed E-state index contributed by atoms with van der Waals surface area (Å²) in [5.74, 6) is 0.354. The van der Waals surface area contributed by atoms with Gasteiger partial charge in [-0.05, 0) is 30.4 Å². The van der Waals surface area contributed by atoms with E-state index in [1.165, 1.54) is 11.1 Å². The Morgan fingerprint density at radius 1 is 1.43 bits per heavy atom. The Balaban J connectivity index is 2.54. The van der Waals surface area contributed by atoms with Crippen molar-refractivity contribution in [3.05, 3.63) is 23.0 Å². The second-order valence-corrected chi connectivity index (χ2v) is 4.53. The summed E-state index contributed by atoms with van der Waals surface area (Å²) >= 11 is 0. The molecule has 0 aliphatic heterocycles. The standard InChI is InChI=1S/C11H15N3/c1-7-4-9-8(5-11(7,2)3)6-13-10(12)14-9/h4,6H,5H2,1-3H3,(H2,12,13,14). The summed E-state index contributed by atoms with van der Waals surface area (Å²) in [6.45, 7) is 6.61. The number of nitrogens with zero attached hydrogens (tertiary/aromatic N) is 2. The summed E-state index contributed by atoms with van der Waals surface area (Å²) in [7, 11) is 0. The first kappa shape index (κ1) is 9.19. The Hall–Kier alpha value is -1.38. The fourth-order valence-corrected chi connectivity index (χ4v) is 1.71. The zero-order valence-corrected chi connectivity index (χ0v) is 8.83. The van der Waals surface area contributed by atoms with E-state index in [0.29, 0.717) is 5.95 Å². The molecule has 2 N–H and O–H groups in total. The molecule has 0 saturated carbocycles. The SMILES string of the molecule is CC1=Cc2nc(N)ncc2CC1(C)C. The van der Waals surface area contributed by atoms with Crippen molar-refractivity contribution < 1.29 is 0 Å². The van der Waals surface area contributed by atoms with Crippen molar-refractivity contribution in [1.82, 2.24) is 9.97 Å². The highest BCUT2D eigenvalue weighted by Crippen LogP contribution is 2.36. The fraction of sp³-hybridized carbons (Fsp3) is 0.455. The van der Waals surface area contributed by atoms with Crippen LogP contribution in [-0.4, -0.2) is 9.97 Å².